The summed E-state index contributed by atoms with van der Waals surface area (Å²) in [6.45, 7) is 4.88. The molecule has 98 valence electrons. The molecule has 0 radical (unpaired) electrons. The molecule has 2 amide bonds. The Hall–Kier alpha value is -1.88. The third kappa shape index (κ3) is 4.18. The molecule has 0 aliphatic carbocycles. The molecule has 0 aromatic heterocycles. The van der Waals surface area contributed by atoms with Crippen molar-refractivity contribution in [3.63, 3.8) is 0 Å². The molecule has 0 aliphatic heterocycles. The highest BCUT2D eigenvalue weighted by Gasteiger charge is 2.10. The van der Waals surface area contributed by atoms with Crippen LogP contribution in [-0.4, -0.2) is 24.4 Å². The molecule has 4 N–H and O–H groups in total. The first-order valence-corrected chi connectivity index (χ1v) is 5.94. The van der Waals surface area contributed by atoms with Gasteiger partial charge < -0.3 is 16.4 Å². The van der Waals surface area contributed by atoms with Crippen LogP contribution in [0.25, 0.3) is 0 Å². The number of primary amides is 1. The molecule has 0 bridgehead atoms. The van der Waals surface area contributed by atoms with E-state index in [2.05, 4.69) is 10.6 Å². The molecule has 0 heterocycles. The van der Waals surface area contributed by atoms with Gasteiger partial charge in [0.1, 0.15) is 0 Å². The van der Waals surface area contributed by atoms with Crippen LogP contribution in [0.2, 0.25) is 0 Å². The second kappa shape index (κ2) is 6.76. The lowest BCUT2D eigenvalue weighted by atomic mass is 10.1. The van der Waals surface area contributed by atoms with Crippen molar-refractivity contribution in [2.45, 2.75) is 26.4 Å². The van der Waals surface area contributed by atoms with E-state index >= 15 is 0 Å². The normalized spacial score (nSPS) is 11.9. The van der Waals surface area contributed by atoms with E-state index in [4.69, 9.17) is 5.73 Å². The van der Waals surface area contributed by atoms with Crippen molar-refractivity contribution in [3.8, 4) is 0 Å². The van der Waals surface area contributed by atoms with Gasteiger partial charge in [0.05, 0.1) is 6.04 Å². The van der Waals surface area contributed by atoms with E-state index in [0.29, 0.717) is 18.7 Å². The van der Waals surface area contributed by atoms with E-state index in [0.717, 1.165) is 5.56 Å². The maximum absolute atomic E-state index is 11.5. The predicted molar refractivity (Wildman–Crippen MR) is 69.9 cm³/mol. The molecular formula is C13H19N3O2. The standard InChI is InChI=1S/C13H19N3O2/c1-3-15-13(18)9(2)16-8-10-4-6-11(7-5-10)12(14)17/h4-7,9,16H,3,8H2,1-2H3,(H2,14,17)(H,15,18). The Bertz CT molecular complexity index is 415. The summed E-state index contributed by atoms with van der Waals surface area (Å²) in [5.74, 6) is -0.462. The van der Waals surface area contributed by atoms with Gasteiger partial charge in [-0.25, -0.2) is 0 Å². The molecule has 1 aromatic rings. The molecule has 1 rings (SSSR count). The van der Waals surface area contributed by atoms with Crippen LogP contribution in [0.1, 0.15) is 29.8 Å². The van der Waals surface area contributed by atoms with Crippen molar-refractivity contribution in [1.82, 2.24) is 10.6 Å². The lowest BCUT2D eigenvalue weighted by molar-refractivity contribution is -0.122. The predicted octanol–water partition coefficient (Wildman–Crippen LogP) is 0.400. The van der Waals surface area contributed by atoms with Gasteiger partial charge >= 0.3 is 0 Å². The molecule has 1 unspecified atom stereocenters. The van der Waals surface area contributed by atoms with Crippen LogP contribution in [0.15, 0.2) is 24.3 Å². The van der Waals surface area contributed by atoms with E-state index in [1.165, 1.54) is 0 Å². The van der Waals surface area contributed by atoms with Crippen molar-refractivity contribution in [2.75, 3.05) is 6.54 Å². The Morgan fingerprint density at radius 3 is 2.39 bits per heavy atom. The molecule has 18 heavy (non-hydrogen) atoms. The molecule has 0 saturated heterocycles. The zero-order valence-electron chi connectivity index (χ0n) is 10.7. The van der Waals surface area contributed by atoms with Crippen LogP contribution in [0, 0.1) is 0 Å². The van der Waals surface area contributed by atoms with Gasteiger partial charge in [0, 0.05) is 18.7 Å². The summed E-state index contributed by atoms with van der Waals surface area (Å²) < 4.78 is 0. The smallest absolute Gasteiger partial charge is 0.248 e. The SMILES string of the molecule is CCNC(=O)C(C)NCc1ccc(C(N)=O)cc1. The summed E-state index contributed by atoms with van der Waals surface area (Å²) in [4.78, 5) is 22.4. The van der Waals surface area contributed by atoms with Gasteiger partial charge in [-0.2, -0.15) is 0 Å². The Morgan fingerprint density at radius 2 is 1.89 bits per heavy atom. The second-order valence-corrected chi connectivity index (χ2v) is 4.06. The van der Waals surface area contributed by atoms with Crippen LogP contribution in [0.5, 0.6) is 0 Å². The zero-order valence-corrected chi connectivity index (χ0v) is 10.7. The van der Waals surface area contributed by atoms with E-state index in [1.54, 1.807) is 12.1 Å². The van der Waals surface area contributed by atoms with Crippen LogP contribution in [0.3, 0.4) is 0 Å². The third-order valence-corrected chi connectivity index (χ3v) is 2.60. The van der Waals surface area contributed by atoms with Crippen molar-refractivity contribution in [2.24, 2.45) is 5.73 Å². The average Bonchev–Trinajstić information content (AvgIpc) is 2.36. The largest absolute Gasteiger partial charge is 0.366 e. The van der Waals surface area contributed by atoms with E-state index in [-0.39, 0.29) is 11.9 Å². The Balaban J connectivity index is 2.48. The summed E-state index contributed by atoms with van der Waals surface area (Å²) in [6.07, 6.45) is 0. The molecule has 5 heteroatoms. The van der Waals surface area contributed by atoms with Gasteiger partial charge in [-0.15, -0.1) is 0 Å². The Kier molecular flexibility index (Phi) is 5.32. The Labute approximate surface area is 107 Å². The average molecular weight is 249 g/mol. The van der Waals surface area contributed by atoms with Crippen molar-refractivity contribution in [1.29, 1.82) is 0 Å². The quantitative estimate of drug-likeness (QED) is 0.682. The molecule has 0 saturated carbocycles. The summed E-state index contributed by atoms with van der Waals surface area (Å²) in [5.41, 5.74) is 6.63. The summed E-state index contributed by atoms with van der Waals surface area (Å²) in [5, 5.41) is 5.85. The van der Waals surface area contributed by atoms with Gasteiger partial charge in [0.2, 0.25) is 11.8 Å². The minimum atomic E-state index is -0.440. The number of nitrogens with two attached hydrogens (primary N) is 1. The summed E-state index contributed by atoms with van der Waals surface area (Å²) in [7, 11) is 0. The Morgan fingerprint density at radius 1 is 1.28 bits per heavy atom. The topological polar surface area (TPSA) is 84.2 Å². The fourth-order valence-corrected chi connectivity index (χ4v) is 1.48. The molecular weight excluding hydrogens is 230 g/mol. The monoisotopic (exact) mass is 249 g/mol. The van der Waals surface area contributed by atoms with Crippen LogP contribution in [0.4, 0.5) is 0 Å². The van der Waals surface area contributed by atoms with Crippen LogP contribution < -0.4 is 16.4 Å². The number of benzene rings is 1. The number of carbonyl (C=O) groups excluding carboxylic acids is 2. The molecule has 1 aromatic carbocycles. The van der Waals surface area contributed by atoms with Gasteiger partial charge in [-0.3, -0.25) is 9.59 Å². The maximum Gasteiger partial charge on any atom is 0.248 e. The van der Waals surface area contributed by atoms with Gasteiger partial charge in [0.15, 0.2) is 0 Å². The number of nitrogens with one attached hydrogen (secondary N) is 2. The number of rotatable bonds is 6. The number of carbonyl (C=O) groups is 2. The number of hydrogen-bond acceptors (Lipinski definition) is 3. The van der Waals surface area contributed by atoms with Crippen molar-refractivity contribution >= 4 is 11.8 Å². The first kappa shape index (κ1) is 14.2. The summed E-state index contributed by atoms with van der Waals surface area (Å²) in [6, 6.07) is 6.74. The molecule has 5 nitrogen and oxygen atoms in total. The third-order valence-electron chi connectivity index (χ3n) is 2.60. The number of likely N-dealkylation sites (N-methyl/N-ethyl adjacent to an activating group) is 1. The number of amides is 2. The highest BCUT2D eigenvalue weighted by molar-refractivity contribution is 5.92. The van der Waals surface area contributed by atoms with E-state index in [1.807, 2.05) is 26.0 Å². The van der Waals surface area contributed by atoms with Gasteiger partial charge in [-0.05, 0) is 31.5 Å². The molecule has 0 fully saturated rings. The lowest BCUT2D eigenvalue weighted by Crippen LogP contribution is -2.41. The lowest BCUT2D eigenvalue weighted by Gasteiger charge is -2.13. The highest BCUT2D eigenvalue weighted by atomic mass is 16.2. The fraction of sp³-hybridized carbons (Fsp3) is 0.385. The maximum atomic E-state index is 11.5. The van der Waals surface area contributed by atoms with Crippen LogP contribution in [-0.2, 0) is 11.3 Å². The van der Waals surface area contributed by atoms with Crippen molar-refractivity contribution < 1.29 is 9.59 Å². The van der Waals surface area contributed by atoms with Gasteiger partial charge in [-0.1, -0.05) is 12.1 Å². The summed E-state index contributed by atoms with van der Waals surface area (Å²) >= 11 is 0. The van der Waals surface area contributed by atoms with Crippen LogP contribution >= 0.6 is 0 Å². The minimum Gasteiger partial charge on any atom is -0.366 e. The van der Waals surface area contributed by atoms with E-state index < -0.39 is 5.91 Å². The second-order valence-electron chi connectivity index (χ2n) is 4.06. The first-order chi connectivity index (χ1) is 8.54. The fourth-order valence-electron chi connectivity index (χ4n) is 1.48. The minimum absolute atomic E-state index is 0.0220. The van der Waals surface area contributed by atoms with Gasteiger partial charge in [0.25, 0.3) is 0 Å². The van der Waals surface area contributed by atoms with Crippen molar-refractivity contribution in [3.05, 3.63) is 35.4 Å². The number of hydrogen-bond donors (Lipinski definition) is 3. The molecule has 0 spiro atoms. The highest BCUT2D eigenvalue weighted by Crippen LogP contribution is 2.03. The first-order valence-electron chi connectivity index (χ1n) is 5.94. The molecule has 0 aliphatic rings. The van der Waals surface area contributed by atoms with E-state index in [9.17, 15) is 9.59 Å². The zero-order chi connectivity index (χ0) is 13.5. The molecule has 1 atom stereocenters.